The maximum Gasteiger partial charge on any atom is 0.254 e. The van der Waals surface area contributed by atoms with E-state index in [1.54, 1.807) is 0 Å². The number of H-pyrrole nitrogens is 1. The van der Waals surface area contributed by atoms with Crippen LogP contribution < -0.4 is 0 Å². The van der Waals surface area contributed by atoms with E-state index in [2.05, 4.69) is 27.1 Å². The van der Waals surface area contributed by atoms with Gasteiger partial charge in [0.2, 0.25) is 0 Å². The van der Waals surface area contributed by atoms with Crippen LogP contribution in [-0.2, 0) is 0 Å². The van der Waals surface area contributed by atoms with Crippen molar-refractivity contribution in [1.29, 1.82) is 0 Å². The highest BCUT2D eigenvalue weighted by atomic mass is 16.2. The zero-order chi connectivity index (χ0) is 15.1. The van der Waals surface area contributed by atoms with E-state index >= 15 is 0 Å². The number of benzene rings is 1. The van der Waals surface area contributed by atoms with Crippen LogP contribution >= 0.6 is 0 Å². The Kier molecular flexibility index (Phi) is 3.18. The van der Waals surface area contributed by atoms with E-state index in [1.807, 2.05) is 29.2 Å². The molecule has 1 N–H and O–H groups in total. The predicted octanol–water partition coefficient (Wildman–Crippen LogP) is 1.11. The molecule has 1 aromatic heterocycles. The standard InChI is InChI=1S/C16H19N5O/c1-20-6-11-8-21(9-12(11)7-20)16(22)14-5-3-2-4-13(14)15-17-10-18-19-15/h2-5,10-12H,6-9H2,1H3,(H,17,18,19). The van der Waals surface area contributed by atoms with Gasteiger partial charge in [0.25, 0.3) is 5.91 Å². The van der Waals surface area contributed by atoms with Crippen molar-refractivity contribution in [1.82, 2.24) is 25.0 Å². The predicted molar refractivity (Wildman–Crippen MR) is 82.2 cm³/mol. The van der Waals surface area contributed by atoms with Gasteiger partial charge in [-0.2, -0.15) is 5.10 Å². The maximum absolute atomic E-state index is 12.9. The molecule has 22 heavy (non-hydrogen) atoms. The molecule has 2 aliphatic rings. The van der Waals surface area contributed by atoms with Crippen molar-refractivity contribution in [2.75, 3.05) is 33.2 Å². The molecule has 3 heterocycles. The summed E-state index contributed by atoms with van der Waals surface area (Å²) in [6.07, 6.45) is 1.46. The van der Waals surface area contributed by atoms with E-state index in [9.17, 15) is 4.79 Å². The molecule has 4 rings (SSSR count). The summed E-state index contributed by atoms with van der Waals surface area (Å²) in [5, 5.41) is 6.73. The maximum atomic E-state index is 12.9. The molecule has 2 saturated heterocycles. The summed E-state index contributed by atoms with van der Waals surface area (Å²) in [5.74, 6) is 1.98. The van der Waals surface area contributed by atoms with Gasteiger partial charge in [-0.3, -0.25) is 9.89 Å². The number of carbonyl (C=O) groups is 1. The number of likely N-dealkylation sites (tertiary alicyclic amines) is 2. The third kappa shape index (κ3) is 2.20. The Balaban J connectivity index is 1.60. The Labute approximate surface area is 129 Å². The number of nitrogens with one attached hydrogen (secondary N) is 1. The van der Waals surface area contributed by atoms with Crippen LogP contribution in [0, 0.1) is 11.8 Å². The molecule has 0 spiro atoms. The first-order valence-electron chi connectivity index (χ1n) is 7.65. The molecule has 114 valence electrons. The number of carbonyl (C=O) groups excluding carboxylic acids is 1. The topological polar surface area (TPSA) is 65.1 Å². The molecular weight excluding hydrogens is 278 g/mol. The summed E-state index contributed by atoms with van der Waals surface area (Å²) in [5.41, 5.74) is 1.52. The summed E-state index contributed by atoms with van der Waals surface area (Å²) in [4.78, 5) is 21.5. The zero-order valence-corrected chi connectivity index (χ0v) is 12.6. The first kappa shape index (κ1) is 13.5. The summed E-state index contributed by atoms with van der Waals surface area (Å²) in [6.45, 7) is 3.91. The summed E-state index contributed by atoms with van der Waals surface area (Å²) in [7, 11) is 2.16. The Bertz CT molecular complexity index is 670. The highest BCUT2D eigenvalue weighted by Crippen LogP contribution is 2.32. The molecule has 2 fully saturated rings. The molecule has 2 atom stereocenters. The lowest BCUT2D eigenvalue weighted by Crippen LogP contribution is -2.32. The molecule has 6 heteroatoms. The fraction of sp³-hybridized carbons (Fsp3) is 0.438. The number of rotatable bonds is 2. The number of nitrogens with zero attached hydrogens (tertiary/aromatic N) is 4. The van der Waals surface area contributed by atoms with Crippen LogP contribution in [0.1, 0.15) is 10.4 Å². The average Bonchev–Trinajstić information content (AvgIpc) is 3.22. The Morgan fingerprint density at radius 3 is 2.59 bits per heavy atom. The lowest BCUT2D eigenvalue weighted by atomic mass is 10.0. The van der Waals surface area contributed by atoms with Gasteiger partial charge in [0.15, 0.2) is 5.82 Å². The quantitative estimate of drug-likeness (QED) is 0.901. The van der Waals surface area contributed by atoms with Gasteiger partial charge in [0, 0.05) is 31.7 Å². The molecule has 2 unspecified atom stereocenters. The largest absolute Gasteiger partial charge is 0.338 e. The van der Waals surface area contributed by atoms with Crippen molar-refractivity contribution in [3.63, 3.8) is 0 Å². The minimum atomic E-state index is 0.101. The van der Waals surface area contributed by atoms with Crippen LogP contribution in [0.4, 0.5) is 0 Å². The van der Waals surface area contributed by atoms with Gasteiger partial charge in [0.05, 0.1) is 5.56 Å². The Morgan fingerprint density at radius 2 is 1.91 bits per heavy atom. The fourth-order valence-electron chi connectivity index (χ4n) is 3.78. The van der Waals surface area contributed by atoms with E-state index < -0.39 is 0 Å². The second-order valence-corrected chi connectivity index (χ2v) is 6.33. The third-order valence-electron chi connectivity index (χ3n) is 4.78. The lowest BCUT2D eigenvalue weighted by Gasteiger charge is -2.20. The zero-order valence-electron chi connectivity index (χ0n) is 12.6. The van der Waals surface area contributed by atoms with Crippen LogP contribution in [0.25, 0.3) is 11.4 Å². The fourth-order valence-corrected chi connectivity index (χ4v) is 3.78. The van der Waals surface area contributed by atoms with Gasteiger partial charge in [-0.25, -0.2) is 4.98 Å². The molecule has 0 saturated carbocycles. The molecule has 2 aliphatic heterocycles. The second-order valence-electron chi connectivity index (χ2n) is 6.33. The van der Waals surface area contributed by atoms with Gasteiger partial charge in [-0.1, -0.05) is 18.2 Å². The van der Waals surface area contributed by atoms with Gasteiger partial charge >= 0.3 is 0 Å². The van der Waals surface area contributed by atoms with Gasteiger partial charge < -0.3 is 9.80 Å². The van der Waals surface area contributed by atoms with Gasteiger partial charge in [-0.05, 0) is 24.9 Å². The highest BCUT2D eigenvalue weighted by Gasteiger charge is 2.40. The first-order chi connectivity index (χ1) is 10.7. The van der Waals surface area contributed by atoms with Crippen molar-refractivity contribution in [3.05, 3.63) is 36.2 Å². The molecule has 1 aromatic carbocycles. The molecular formula is C16H19N5O. The van der Waals surface area contributed by atoms with Gasteiger partial charge in [-0.15, -0.1) is 0 Å². The molecule has 2 aromatic rings. The Hall–Kier alpha value is -2.21. The first-order valence-corrected chi connectivity index (χ1v) is 7.65. The van der Waals surface area contributed by atoms with Crippen LogP contribution in [0.5, 0.6) is 0 Å². The smallest absolute Gasteiger partial charge is 0.254 e. The van der Waals surface area contributed by atoms with E-state index in [0.717, 1.165) is 31.7 Å². The van der Waals surface area contributed by atoms with E-state index in [-0.39, 0.29) is 5.91 Å². The molecule has 0 radical (unpaired) electrons. The number of amides is 1. The molecule has 0 aliphatic carbocycles. The van der Waals surface area contributed by atoms with Crippen molar-refractivity contribution in [2.45, 2.75) is 0 Å². The minimum absolute atomic E-state index is 0.101. The van der Waals surface area contributed by atoms with Crippen LogP contribution in [-0.4, -0.2) is 64.1 Å². The van der Waals surface area contributed by atoms with Crippen molar-refractivity contribution in [2.24, 2.45) is 11.8 Å². The van der Waals surface area contributed by atoms with Crippen molar-refractivity contribution >= 4 is 5.91 Å². The third-order valence-corrected chi connectivity index (χ3v) is 4.78. The van der Waals surface area contributed by atoms with E-state index in [0.29, 0.717) is 23.2 Å². The highest BCUT2D eigenvalue weighted by molar-refractivity contribution is 6.00. The summed E-state index contributed by atoms with van der Waals surface area (Å²) < 4.78 is 0. The average molecular weight is 297 g/mol. The number of hydrogen-bond acceptors (Lipinski definition) is 4. The SMILES string of the molecule is CN1CC2CN(C(=O)c3ccccc3-c3ncn[nH]3)CC2C1. The normalized spacial score (nSPS) is 24.7. The minimum Gasteiger partial charge on any atom is -0.338 e. The molecule has 1 amide bonds. The van der Waals surface area contributed by atoms with Crippen LogP contribution in [0.3, 0.4) is 0 Å². The van der Waals surface area contributed by atoms with Crippen LogP contribution in [0.2, 0.25) is 0 Å². The number of aromatic nitrogens is 3. The monoisotopic (exact) mass is 297 g/mol. The van der Waals surface area contributed by atoms with Crippen molar-refractivity contribution < 1.29 is 4.79 Å². The van der Waals surface area contributed by atoms with E-state index in [4.69, 9.17) is 0 Å². The molecule has 0 bridgehead atoms. The second kappa shape index (κ2) is 5.21. The number of hydrogen-bond donors (Lipinski definition) is 1. The molecule has 6 nitrogen and oxygen atoms in total. The van der Waals surface area contributed by atoms with Gasteiger partial charge in [0.1, 0.15) is 6.33 Å². The Morgan fingerprint density at radius 1 is 1.18 bits per heavy atom. The number of aromatic amines is 1. The van der Waals surface area contributed by atoms with Crippen molar-refractivity contribution in [3.8, 4) is 11.4 Å². The lowest BCUT2D eigenvalue weighted by molar-refractivity contribution is 0.0776. The summed E-state index contributed by atoms with van der Waals surface area (Å²) in [6, 6.07) is 7.61. The van der Waals surface area contributed by atoms with E-state index in [1.165, 1.54) is 6.33 Å². The van der Waals surface area contributed by atoms with Crippen LogP contribution in [0.15, 0.2) is 30.6 Å². The summed E-state index contributed by atoms with van der Waals surface area (Å²) >= 11 is 0. The number of fused-ring (bicyclic) bond motifs is 1.